The molecule has 1 aromatic carbocycles. The van der Waals surface area contributed by atoms with Crippen molar-refractivity contribution in [1.29, 1.82) is 0 Å². The second-order valence-corrected chi connectivity index (χ2v) is 7.16. The van der Waals surface area contributed by atoms with E-state index in [1.54, 1.807) is 6.92 Å². The highest BCUT2D eigenvalue weighted by molar-refractivity contribution is 8.04. The largest absolute Gasteiger partial charge is 0.392 e. The number of carbonyl (C=O) groups is 2. The Kier molecular flexibility index (Phi) is 4.34. The average molecular weight is 335 g/mol. The topological polar surface area (TPSA) is 57.6 Å². The van der Waals surface area contributed by atoms with E-state index in [9.17, 15) is 14.7 Å². The highest BCUT2D eigenvalue weighted by atomic mass is 32.2. The quantitative estimate of drug-likeness (QED) is 0.640. The molecule has 0 bridgehead atoms. The van der Waals surface area contributed by atoms with Crippen molar-refractivity contribution in [2.24, 2.45) is 5.92 Å². The van der Waals surface area contributed by atoms with Crippen LogP contribution in [-0.2, 0) is 16.0 Å². The van der Waals surface area contributed by atoms with E-state index in [1.807, 2.05) is 30.3 Å². The van der Waals surface area contributed by atoms with Crippen LogP contribution in [0.15, 0.2) is 40.9 Å². The molecule has 2 aliphatic heterocycles. The molecule has 1 aromatic rings. The Morgan fingerprint density at radius 2 is 2.05 bits per heavy atom. The summed E-state index contributed by atoms with van der Waals surface area (Å²) in [5, 5.41) is 9.18. The first-order chi connectivity index (χ1) is 10.5. The molecule has 6 heteroatoms. The highest BCUT2D eigenvalue weighted by Crippen LogP contribution is 2.51. The van der Waals surface area contributed by atoms with Gasteiger partial charge in [-0.05, 0) is 25.3 Å². The Hall–Kier alpha value is -1.24. The summed E-state index contributed by atoms with van der Waals surface area (Å²) in [6.07, 6.45) is 0.802. The van der Waals surface area contributed by atoms with Crippen LogP contribution in [0.1, 0.15) is 18.9 Å². The van der Waals surface area contributed by atoms with Gasteiger partial charge in [-0.3, -0.25) is 14.5 Å². The number of allylic oxidation sites excluding steroid dienone is 1. The molecule has 1 fully saturated rings. The van der Waals surface area contributed by atoms with Crippen LogP contribution in [0.4, 0.5) is 0 Å². The summed E-state index contributed by atoms with van der Waals surface area (Å²) in [6, 6.07) is 10.0. The molecule has 0 unspecified atom stereocenters. The van der Waals surface area contributed by atoms with E-state index < -0.39 is 12.0 Å². The summed E-state index contributed by atoms with van der Waals surface area (Å²) in [6.45, 7) is 1.62. The zero-order valence-corrected chi connectivity index (χ0v) is 13.8. The number of hydrogen-bond donors (Lipinski definition) is 2. The summed E-state index contributed by atoms with van der Waals surface area (Å²) >= 11 is 5.43. The molecular formula is C16H17NO3S2. The summed E-state index contributed by atoms with van der Waals surface area (Å²) in [5.41, 5.74) is 1.59. The minimum Gasteiger partial charge on any atom is -0.392 e. The maximum atomic E-state index is 12.2. The normalized spacial score (nSPS) is 25.0. The molecule has 1 amide bonds. The predicted molar refractivity (Wildman–Crippen MR) is 89.2 cm³/mol. The van der Waals surface area contributed by atoms with Crippen LogP contribution in [0.25, 0.3) is 0 Å². The van der Waals surface area contributed by atoms with Gasteiger partial charge >= 0.3 is 0 Å². The minimum absolute atomic E-state index is 0.163. The molecule has 2 heterocycles. The van der Waals surface area contributed by atoms with Crippen molar-refractivity contribution in [3.63, 3.8) is 0 Å². The second kappa shape index (κ2) is 6.10. The summed E-state index contributed by atoms with van der Waals surface area (Å²) in [5.74, 6) is -0.610. The molecule has 22 heavy (non-hydrogen) atoms. The molecule has 2 aliphatic rings. The molecule has 0 spiro atoms. The van der Waals surface area contributed by atoms with Gasteiger partial charge in [0.25, 0.3) is 0 Å². The standard InChI is InChI=1S/C16H17NO3S2/c1-9(18)12-14(19)17-13(16(20)21)11(22-15(12)17)8-7-10-5-3-2-4-6-10/h2-6,9,12,15,18H,7-8H2,1H3,(H,20,21)/t9-,12+,15+/m0/s1. The summed E-state index contributed by atoms with van der Waals surface area (Å²) < 4.78 is 0. The van der Waals surface area contributed by atoms with Crippen molar-refractivity contribution in [2.75, 3.05) is 0 Å². The third-order valence-electron chi connectivity index (χ3n) is 4.06. The molecule has 0 aliphatic carbocycles. The first-order valence-electron chi connectivity index (χ1n) is 7.19. The van der Waals surface area contributed by atoms with Gasteiger partial charge in [0, 0.05) is 4.91 Å². The maximum Gasteiger partial charge on any atom is 0.236 e. The van der Waals surface area contributed by atoms with Gasteiger partial charge < -0.3 is 5.11 Å². The van der Waals surface area contributed by atoms with Crippen LogP contribution < -0.4 is 0 Å². The molecule has 0 aromatic heterocycles. The monoisotopic (exact) mass is 335 g/mol. The molecule has 0 radical (unpaired) electrons. The molecule has 3 atom stereocenters. The molecule has 3 rings (SSSR count). The first-order valence-corrected chi connectivity index (χ1v) is 8.51. The van der Waals surface area contributed by atoms with Crippen LogP contribution in [-0.4, -0.2) is 32.5 Å². The van der Waals surface area contributed by atoms with Gasteiger partial charge in [0.05, 0.1) is 12.0 Å². The zero-order chi connectivity index (χ0) is 15.9. The van der Waals surface area contributed by atoms with Crippen molar-refractivity contribution >= 4 is 35.4 Å². The molecule has 116 valence electrons. The number of aliphatic hydroxyl groups is 1. The number of nitrogens with zero attached hydrogens (tertiary/aromatic N) is 1. The SMILES string of the molecule is C[C@H](O)[C@@H]1C(=O)N2C(C(=O)S)=C(CCc3ccccc3)S[C@H]12. The predicted octanol–water partition coefficient (Wildman–Crippen LogP) is 2.20. The lowest BCUT2D eigenvalue weighted by atomic mass is 9.92. The maximum absolute atomic E-state index is 12.2. The fraction of sp³-hybridized carbons (Fsp3) is 0.375. The Bertz CT molecular complexity index is 642. The van der Waals surface area contributed by atoms with Crippen LogP contribution in [0.5, 0.6) is 0 Å². The van der Waals surface area contributed by atoms with Gasteiger partial charge in [-0.25, -0.2) is 0 Å². The number of rotatable bonds is 5. The Morgan fingerprint density at radius 3 is 2.64 bits per heavy atom. The average Bonchev–Trinajstić information content (AvgIpc) is 2.80. The lowest BCUT2D eigenvalue weighted by Crippen LogP contribution is -2.60. The number of amides is 1. The lowest BCUT2D eigenvalue weighted by molar-refractivity contribution is -0.153. The van der Waals surface area contributed by atoms with Crippen LogP contribution >= 0.6 is 24.4 Å². The summed E-state index contributed by atoms with van der Waals surface area (Å²) in [4.78, 5) is 26.4. The number of fused-ring (bicyclic) bond motifs is 1. The van der Waals surface area contributed by atoms with Gasteiger partial charge in [-0.15, -0.1) is 11.8 Å². The van der Waals surface area contributed by atoms with Crippen LogP contribution in [0.3, 0.4) is 0 Å². The molecular weight excluding hydrogens is 318 g/mol. The van der Waals surface area contributed by atoms with E-state index in [2.05, 4.69) is 12.6 Å². The van der Waals surface area contributed by atoms with Crippen molar-refractivity contribution in [2.45, 2.75) is 31.2 Å². The van der Waals surface area contributed by atoms with Gasteiger partial charge in [0.1, 0.15) is 11.1 Å². The smallest absolute Gasteiger partial charge is 0.236 e. The number of benzene rings is 1. The molecule has 0 saturated carbocycles. The lowest BCUT2D eigenvalue weighted by Gasteiger charge is -2.43. The Morgan fingerprint density at radius 1 is 1.36 bits per heavy atom. The number of carbonyl (C=O) groups excluding carboxylic acids is 2. The van der Waals surface area contributed by atoms with Gasteiger partial charge in [-0.2, -0.15) is 0 Å². The first kappa shape index (κ1) is 15.6. The number of hydrogen-bond acceptors (Lipinski definition) is 4. The second-order valence-electron chi connectivity index (χ2n) is 5.55. The van der Waals surface area contributed by atoms with Crippen molar-refractivity contribution < 1.29 is 14.7 Å². The van der Waals surface area contributed by atoms with E-state index in [0.717, 1.165) is 11.3 Å². The van der Waals surface area contributed by atoms with Crippen LogP contribution in [0.2, 0.25) is 0 Å². The fourth-order valence-corrected chi connectivity index (χ4v) is 4.87. The summed E-state index contributed by atoms with van der Waals surface area (Å²) in [7, 11) is 0. The van der Waals surface area contributed by atoms with Gasteiger partial charge in [0.15, 0.2) is 0 Å². The molecule has 1 N–H and O–H groups in total. The number of thiol groups is 1. The van der Waals surface area contributed by atoms with E-state index >= 15 is 0 Å². The number of thioether (sulfide) groups is 1. The van der Waals surface area contributed by atoms with Crippen molar-refractivity contribution in [3.8, 4) is 0 Å². The van der Waals surface area contributed by atoms with Gasteiger partial charge in [-0.1, -0.05) is 43.0 Å². The molecule has 4 nitrogen and oxygen atoms in total. The highest BCUT2D eigenvalue weighted by Gasteiger charge is 2.56. The third-order valence-corrected chi connectivity index (χ3v) is 5.70. The minimum atomic E-state index is -0.703. The zero-order valence-electron chi connectivity index (χ0n) is 12.1. The Balaban J connectivity index is 1.78. The van der Waals surface area contributed by atoms with E-state index in [-0.39, 0.29) is 16.4 Å². The third kappa shape index (κ3) is 2.59. The van der Waals surface area contributed by atoms with E-state index in [0.29, 0.717) is 12.1 Å². The molecule has 1 saturated heterocycles. The van der Waals surface area contributed by atoms with Crippen LogP contribution in [0, 0.1) is 5.92 Å². The number of β-lactam (4-membered cyclic amide) rings is 1. The fourth-order valence-electron chi connectivity index (χ4n) is 2.93. The number of aliphatic hydroxyl groups excluding tert-OH is 1. The van der Waals surface area contributed by atoms with Crippen molar-refractivity contribution in [3.05, 3.63) is 46.5 Å². The Labute approximate surface area is 139 Å². The van der Waals surface area contributed by atoms with Gasteiger partial charge in [0.2, 0.25) is 11.0 Å². The van der Waals surface area contributed by atoms with E-state index in [1.165, 1.54) is 22.2 Å². The number of aryl methyl sites for hydroxylation is 1. The van der Waals surface area contributed by atoms with Crippen molar-refractivity contribution in [1.82, 2.24) is 4.90 Å². The van der Waals surface area contributed by atoms with E-state index in [4.69, 9.17) is 0 Å².